The second-order valence-corrected chi connectivity index (χ2v) is 10.9. The molecule has 0 aliphatic carbocycles. The van der Waals surface area contributed by atoms with Gasteiger partial charge in [-0.3, -0.25) is 4.79 Å². The maximum Gasteiger partial charge on any atom is 0.185 e. The Balaban J connectivity index is 2.25. The van der Waals surface area contributed by atoms with Crippen LogP contribution in [0.5, 0.6) is 0 Å². The van der Waals surface area contributed by atoms with E-state index < -0.39 is 8.32 Å². The summed E-state index contributed by atoms with van der Waals surface area (Å²) < 4.78 is 11.4. The van der Waals surface area contributed by atoms with Gasteiger partial charge in [0.2, 0.25) is 0 Å². The molecule has 0 bridgehead atoms. The zero-order valence-corrected chi connectivity index (χ0v) is 14.2. The van der Waals surface area contributed by atoms with E-state index in [4.69, 9.17) is 20.4 Å². The molecule has 5 heteroatoms. The molecule has 0 spiro atoms. The Morgan fingerprint density at radius 1 is 1.33 bits per heavy atom. The minimum atomic E-state index is -1.72. The molecule has 2 aromatic rings. The van der Waals surface area contributed by atoms with Crippen LogP contribution in [-0.4, -0.2) is 14.6 Å². The Labute approximate surface area is 131 Å². The molecular formula is C16H19ClO3Si. The van der Waals surface area contributed by atoms with E-state index in [2.05, 4.69) is 19.6 Å². The van der Waals surface area contributed by atoms with E-state index in [1.807, 2.05) is 24.3 Å². The minimum Gasteiger partial charge on any atom is -0.461 e. The zero-order valence-electron chi connectivity index (χ0n) is 12.4. The second kappa shape index (κ2) is 6.60. The average molecular weight is 323 g/mol. The Hall–Kier alpha value is -1.36. The van der Waals surface area contributed by atoms with Crippen LogP contribution >= 0.6 is 11.6 Å². The molecular weight excluding hydrogens is 304 g/mol. The molecule has 1 heterocycles. The van der Waals surface area contributed by atoms with Crippen LogP contribution in [-0.2, 0) is 10.8 Å². The van der Waals surface area contributed by atoms with E-state index in [0.717, 1.165) is 11.1 Å². The summed E-state index contributed by atoms with van der Waals surface area (Å²) in [6.07, 6.45) is 2.88. The molecule has 0 saturated carbocycles. The summed E-state index contributed by atoms with van der Waals surface area (Å²) in [4.78, 5) is 10.7. The zero-order chi connectivity index (χ0) is 15.5. The lowest BCUT2D eigenvalue weighted by atomic mass is 10.0. The largest absolute Gasteiger partial charge is 0.461 e. The van der Waals surface area contributed by atoms with E-state index in [9.17, 15) is 4.79 Å². The lowest BCUT2D eigenvalue weighted by Crippen LogP contribution is -2.28. The molecule has 0 aliphatic rings. The molecule has 112 valence electrons. The smallest absolute Gasteiger partial charge is 0.185 e. The summed E-state index contributed by atoms with van der Waals surface area (Å²) in [5.41, 5.74) is 1.99. The number of carbonyl (C=O) groups excluding carboxylic acids is 1. The lowest BCUT2D eigenvalue weighted by Gasteiger charge is -2.26. The molecule has 21 heavy (non-hydrogen) atoms. The lowest BCUT2D eigenvalue weighted by molar-refractivity contribution is 0.110. The van der Waals surface area contributed by atoms with Crippen LogP contribution in [0.25, 0.3) is 0 Å². The number of benzene rings is 1. The first-order chi connectivity index (χ1) is 9.87. The summed E-state index contributed by atoms with van der Waals surface area (Å²) in [6.45, 7) is 6.45. The van der Waals surface area contributed by atoms with Crippen molar-refractivity contribution >= 4 is 26.2 Å². The standard InChI is InChI=1S/C16H19ClO3Si/c1-21(2,3)20-16(13-5-4-6-14(17)9-13)8-12-7-15(10-18)19-11-12/h4-7,9-11,16H,8H2,1-3H3. The molecule has 1 unspecified atom stereocenters. The molecule has 1 atom stereocenters. The van der Waals surface area contributed by atoms with Gasteiger partial charge in [-0.2, -0.15) is 0 Å². The summed E-state index contributed by atoms with van der Waals surface area (Å²) in [6, 6.07) is 9.45. The van der Waals surface area contributed by atoms with Crippen molar-refractivity contribution in [2.24, 2.45) is 0 Å². The van der Waals surface area contributed by atoms with Gasteiger partial charge in [0.25, 0.3) is 0 Å². The summed E-state index contributed by atoms with van der Waals surface area (Å²) in [5, 5.41) is 0.692. The van der Waals surface area contributed by atoms with Gasteiger partial charge in [-0.05, 0) is 49.0 Å². The third-order valence-electron chi connectivity index (χ3n) is 2.93. The fraction of sp³-hybridized carbons (Fsp3) is 0.312. The molecule has 0 aliphatic heterocycles. The molecule has 2 rings (SSSR count). The highest BCUT2D eigenvalue weighted by atomic mass is 35.5. The predicted molar refractivity (Wildman–Crippen MR) is 86.4 cm³/mol. The molecule has 0 amide bonds. The van der Waals surface area contributed by atoms with Crippen LogP contribution in [0, 0.1) is 0 Å². The fourth-order valence-electron chi connectivity index (χ4n) is 2.14. The van der Waals surface area contributed by atoms with E-state index in [0.29, 0.717) is 23.5 Å². The third-order valence-corrected chi connectivity index (χ3v) is 4.15. The number of hydrogen-bond acceptors (Lipinski definition) is 3. The molecule has 3 nitrogen and oxygen atoms in total. The first kappa shape index (κ1) is 16.0. The Bertz CT molecular complexity index is 616. The van der Waals surface area contributed by atoms with Crippen LogP contribution in [0.1, 0.15) is 27.8 Å². The number of hydrogen-bond donors (Lipinski definition) is 0. The van der Waals surface area contributed by atoms with Crippen LogP contribution in [0.2, 0.25) is 24.7 Å². The van der Waals surface area contributed by atoms with E-state index in [1.165, 1.54) is 0 Å². The van der Waals surface area contributed by atoms with Gasteiger partial charge in [-0.1, -0.05) is 23.7 Å². The Morgan fingerprint density at radius 2 is 2.10 bits per heavy atom. The van der Waals surface area contributed by atoms with Crippen LogP contribution in [0.15, 0.2) is 41.0 Å². The number of aldehydes is 1. The van der Waals surface area contributed by atoms with E-state index >= 15 is 0 Å². The highest BCUT2D eigenvalue weighted by Crippen LogP contribution is 2.28. The number of rotatable bonds is 6. The van der Waals surface area contributed by atoms with Gasteiger partial charge in [-0.25, -0.2) is 0 Å². The maximum absolute atomic E-state index is 10.7. The van der Waals surface area contributed by atoms with Crippen molar-refractivity contribution in [2.45, 2.75) is 32.2 Å². The third kappa shape index (κ3) is 4.84. The van der Waals surface area contributed by atoms with Gasteiger partial charge in [-0.15, -0.1) is 0 Å². The average Bonchev–Trinajstić information content (AvgIpc) is 2.84. The van der Waals surface area contributed by atoms with Gasteiger partial charge in [0, 0.05) is 11.4 Å². The maximum atomic E-state index is 10.7. The van der Waals surface area contributed by atoms with Crippen LogP contribution in [0.4, 0.5) is 0 Å². The van der Waals surface area contributed by atoms with Crippen molar-refractivity contribution in [1.29, 1.82) is 0 Å². The molecule has 0 radical (unpaired) electrons. The number of furan rings is 1. The summed E-state index contributed by atoms with van der Waals surface area (Å²) in [5.74, 6) is 0.336. The Kier molecular flexibility index (Phi) is 5.03. The monoisotopic (exact) mass is 322 g/mol. The minimum absolute atomic E-state index is 0.0903. The van der Waals surface area contributed by atoms with Gasteiger partial charge in [0.05, 0.1) is 12.4 Å². The van der Waals surface area contributed by atoms with Crippen molar-refractivity contribution in [3.8, 4) is 0 Å². The first-order valence-corrected chi connectivity index (χ1v) is 10.6. The van der Waals surface area contributed by atoms with Crippen molar-refractivity contribution in [1.82, 2.24) is 0 Å². The molecule has 1 aromatic carbocycles. The summed E-state index contributed by atoms with van der Waals surface area (Å²) in [7, 11) is -1.72. The van der Waals surface area contributed by atoms with Crippen molar-refractivity contribution < 1.29 is 13.6 Å². The molecule has 1 aromatic heterocycles. The normalized spacial score (nSPS) is 13.1. The topological polar surface area (TPSA) is 39.4 Å². The fourth-order valence-corrected chi connectivity index (χ4v) is 3.41. The van der Waals surface area contributed by atoms with Crippen molar-refractivity contribution in [3.63, 3.8) is 0 Å². The van der Waals surface area contributed by atoms with E-state index in [-0.39, 0.29) is 6.10 Å². The molecule has 0 saturated heterocycles. The quantitative estimate of drug-likeness (QED) is 0.562. The molecule has 0 N–H and O–H groups in total. The number of carbonyl (C=O) groups is 1. The van der Waals surface area contributed by atoms with Gasteiger partial charge >= 0.3 is 0 Å². The van der Waals surface area contributed by atoms with Gasteiger partial charge in [0.15, 0.2) is 20.4 Å². The predicted octanol–water partition coefficient (Wildman–Crippen LogP) is 4.88. The SMILES string of the molecule is C[Si](C)(C)OC(Cc1coc(C=O)c1)c1cccc(Cl)c1. The Morgan fingerprint density at radius 3 is 2.67 bits per heavy atom. The second-order valence-electron chi connectivity index (χ2n) is 5.95. The summed E-state index contributed by atoms with van der Waals surface area (Å²) >= 11 is 6.08. The van der Waals surface area contributed by atoms with E-state index in [1.54, 1.807) is 12.3 Å². The molecule has 0 fully saturated rings. The van der Waals surface area contributed by atoms with Crippen molar-refractivity contribution in [2.75, 3.05) is 0 Å². The van der Waals surface area contributed by atoms with Gasteiger partial charge < -0.3 is 8.84 Å². The van der Waals surface area contributed by atoms with Gasteiger partial charge in [0.1, 0.15) is 0 Å². The highest BCUT2D eigenvalue weighted by molar-refractivity contribution is 6.69. The van der Waals surface area contributed by atoms with Crippen LogP contribution < -0.4 is 0 Å². The number of halogens is 1. The van der Waals surface area contributed by atoms with Crippen LogP contribution in [0.3, 0.4) is 0 Å². The van der Waals surface area contributed by atoms with Crippen molar-refractivity contribution in [3.05, 3.63) is 58.5 Å². The first-order valence-electron chi connectivity index (χ1n) is 6.83. The highest BCUT2D eigenvalue weighted by Gasteiger charge is 2.23.